The molecule has 8 nitrogen and oxygen atoms in total. The monoisotopic (exact) mass is 307 g/mol. The summed E-state index contributed by atoms with van der Waals surface area (Å²) in [6.45, 7) is 3.25. The van der Waals surface area contributed by atoms with Gasteiger partial charge in [0.25, 0.3) is 5.91 Å². The number of aliphatic hydroxyl groups is 1. The highest BCUT2D eigenvalue weighted by Gasteiger charge is 2.24. The highest BCUT2D eigenvalue weighted by Crippen LogP contribution is 2.22. The molecule has 0 aliphatic heterocycles. The number of carboxylic acid groups (broad SMARTS) is 1. The lowest BCUT2D eigenvalue weighted by Crippen LogP contribution is -2.43. The summed E-state index contributed by atoms with van der Waals surface area (Å²) in [5.41, 5.74) is 1.12. The third-order valence-electron chi connectivity index (χ3n) is 3.09. The van der Waals surface area contributed by atoms with Gasteiger partial charge in [-0.1, -0.05) is 0 Å². The number of carbonyl (C=O) groups is 2. The van der Waals surface area contributed by atoms with Crippen LogP contribution in [0.25, 0.3) is 5.65 Å². The Bertz CT molecular complexity index is 710. The Morgan fingerprint density at radius 2 is 2.23 bits per heavy atom. The highest BCUT2D eigenvalue weighted by molar-refractivity contribution is 5.97. The number of fused-ring (bicyclic) bond motifs is 1. The molecule has 2 aromatic rings. The topological polar surface area (TPSA) is 113 Å². The molecule has 0 saturated carbocycles. The minimum Gasteiger partial charge on any atom is -0.490 e. The minimum absolute atomic E-state index is 0.205. The Labute approximate surface area is 126 Å². The summed E-state index contributed by atoms with van der Waals surface area (Å²) in [4.78, 5) is 27.5. The normalized spacial score (nSPS) is 12.1. The first-order chi connectivity index (χ1) is 10.5. The summed E-state index contributed by atoms with van der Waals surface area (Å²) in [6.07, 6.45) is 1.64. The fraction of sp³-hybridized carbons (Fsp3) is 0.357. The second-order valence-corrected chi connectivity index (χ2v) is 4.59. The molecule has 22 heavy (non-hydrogen) atoms. The van der Waals surface area contributed by atoms with Crippen LogP contribution < -0.4 is 10.1 Å². The van der Waals surface area contributed by atoms with Crippen LogP contribution in [0.5, 0.6) is 5.75 Å². The molecule has 2 aromatic heterocycles. The third-order valence-corrected chi connectivity index (χ3v) is 3.09. The molecule has 118 valence electrons. The van der Waals surface area contributed by atoms with E-state index in [4.69, 9.17) is 14.9 Å². The number of nitrogens with zero attached hydrogens (tertiary/aromatic N) is 2. The van der Waals surface area contributed by atoms with Gasteiger partial charge < -0.3 is 20.3 Å². The van der Waals surface area contributed by atoms with Gasteiger partial charge in [0.05, 0.1) is 18.9 Å². The van der Waals surface area contributed by atoms with Crippen molar-refractivity contribution in [1.82, 2.24) is 14.7 Å². The number of hydrogen-bond donors (Lipinski definition) is 3. The van der Waals surface area contributed by atoms with E-state index >= 15 is 0 Å². The van der Waals surface area contributed by atoms with Crippen molar-refractivity contribution in [3.63, 3.8) is 0 Å². The smallest absolute Gasteiger partial charge is 0.328 e. The molecular formula is C14H17N3O5. The Morgan fingerprint density at radius 1 is 1.50 bits per heavy atom. The molecule has 0 fully saturated rings. The van der Waals surface area contributed by atoms with Crippen LogP contribution in [0, 0.1) is 6.92 Å². The maximum absolute atomic E-state index is 12.3. The average molecular weight is 307 g/mol. The number of nitrogens with one attached hydrogen (secondary N) is 1. The number of aliphatic carboxylic acids is 1. The molecule has 0 saturated heterocycles. The summed E-state index contributed by atoms with van der Waals surface area (Å²) in [6, 6.07) is 2.07. The van der Waals surface area contributed by atoms with Gasteiger partial charge in [-0.3, -0.25) is 9.20 Å². The number of amides is 1. The molecule has 0 radical (unpaired) electrons. The first kappa shape index (κ1) is 15.8. The average Bonchev–Trinajstić information content (AvgIpc) is 2.81. The van der Waals surface area contributed by atoms with Crippen molar-refractivity contribution < 1.29 is 24.5 Å². The van der Waals surface area contributed by atoms with Crippen LogP contribution in [0.2, 0.25) is 0 Å². The number of rotatable bonds is 6. The van der Waals surface area contributed by atoms with E-state index < -0.39 is 24.5 Å². The van der Waals surface area contributed by atoms with Crippen LogP contribution in [0.4, 0.5) is 0 Å². The summed E-state index contributed by atoms with van der Waals surface area (Å²) in [7, 11) is 0. The molecule has 2 heterocycles. The van der Waals surface area contributed by atoms with E-state index in [1.807, 2.05) is 6.92 Å². The zero-order valence-corrected chi connectivity index (χ0v) is 12.2. The van der Waals surface area contributed by atoms with Crippen LogP contribution >= 0.6 is 0 Å². The number of aromatic nitrogens is 2. The molecule has 0 aliphatic carbocycles. The van der Waals surface area contributed by atoms with Crippen molar-refractivity contribution in [2.75, 3.05) is 13.2 Å². The van der Waals surface area contributed by atoms with Crippen molar-refractivity contribution in [2.24, 2.45) is 0 Å². The first-order valence-electron chi connectivity index (χ1n) is 6.74. The van der Waals surface area contributed by atoms with Gasteiger partial charge in [-0.15, -0.1) is 0 Å². The largest absolute Gasteiger partial charge is 0.490 e. The van der Waals surface area contributed by atoms with Crippen molar-refractivity contribution in [1.29, 1.82) is 0 Å². The van der Waals surface area contributed by atoms with Crippen molar-refractivity contribution in [2.45, 2.75) is 19.9 Å². The van der Waals surface area contributed by atoms with Gasteiger partial charge in [0.2, 0.25) is 0 Å². The molecule has 0 aliphatic rings. The first-order valence-corrected chi connectivity index (χ1v) is 6.74. The highest BCUT2D eigenvalue weighted by atomic mass is 16.5. The molecular weight excluding hydrogens is 290 g/mol. The van der Waals surface area contributed by atoms with E-state index in [2.05, 4.69) is 10.3 Å². The number of imidazole rings is 1. The van der Waals surface area contributed by atoms with Crippen LogP contribution in [0.1, 0.15) is 23.1 Å². The molecule has 0 aromatic carbocycles. The lowest BCUT2D eigenvalue weighted by atomic mass is 10.2. The molecule has 0 spiro atoms. The maximum Gasteiger partial charge on any atom is 0.328 e. The van der Waals surface area contributed by atoms with Crippen molar-refractivity contribution in [3.05, 3.63) is 29.7 Å². The van der Waals surface area contributed by atoms with E-state index in [-0.39, 0.29) is 5.69 Å². The van der Waals surface area contributed by atoms with E-state index in [1.165, 1.54) is 4.40 Å². The van der Waals surface area contributed by atoms with E-state index in [0.29, 0.717) is 23.7 Å². The molecule has 0 bridgehead atoms. The van der Waals surface area contributed by atoms with Crippen molar-refractivity contribution in [3.8, 4) is 5.75 Å². The van der Waals surface area contributed by atoms with Crippen LogP contribution in [0.15, 0.2) is 18.3 Å². The van der Waals surface area contributed by atoms with Crippen LogP contribution in [-0.2, 0) is 4.79 Å². The predicted molar refractivity (Wildman–Crippen MR) is 77.1 cm³/mol. The fourth-order valence-corrected chi connectivity index (χ4v) is 2.11. The Morgan fingerprint density at radius 3 is 2.82 bits per heavy atom. The maximum atomic E-state index is 12.3. The van der Waals surface area contributed by atoms with Gasteiger partial charge in [-0.2, -0.15) is 0 Å². The summed E-state index contributed by atoms with van der Waals surface area (Å²) in [5, 5.41) is 20.2. The quantitative estimate of drug-likeness (QED) is 0.703. The molecule has 1 amide bonds. The summed E-state index contributed by atoms with van der Waals surface area (Å²) >= 11 is 0. The number of ether oxygens (including phenoxy) is 1. The lowest BCUT2D eigenvalue weighted by Gasteiger charge is -2.12. The molecule has 1 unspecified atom stereocenters. The zero-order valence-electron chi connectivity index (χ0n) is 12.2. The molecule has 1 atom stereocenters. The van der Waals surface area contributed by atoms with Gasteiger partial charge in [0, 0.05) is 6.20 Å². The van der Waals surface area contributed by atoms with E-state index in [0.717, 1.165) is 0 Å². The number of carbonyl (C=O) groups excluding carboxylic acids is 1. The summed E-state index contributed by atoms with van der Waals surface area (Å²) < 4.78 is 6.99. The van der Waals surface area contributed by atoms with Gasteiger partial charge >= 0.3 is 5.97 Å². The van der Waals surface area contributed by atoms with E-state index in [9.17, 15) is 9.59 Å². The third kappa shape index (κ3) is 2.86. The second kappa shape index (κ2) is 6.44. The van der Waals surface area contributed by atoms with Crippen LogP contribution in [-0.4, -0.2) is 50.7 Å². The molecule has 2 rings (SSSR count). The second-order valence-electron chi connectivity index (χ2n) is 4.59. The Balaban J connectivity index is 2.43. The number of hydrogen-bond acceptors (Lipinski definition) is 5. The standard InChI is InChI=1S/C14H17N3O5/c1-3-22-10-5-4-6-17-11(8(2)15-12(10)17)13(19)16-9(7-18)14(20)21/h4-6,9,18H,3,7H2,1-2H3,(H,16,19)(H,20,21). The zero-order chi connectivity index (χ0) is 16.3. The summed E-state index contributed by atoms with van der Waals surface area (Å²) in [5.74, 6) is -1.40. The Kier molecular flexibility index (Phi) is 4.62. The number of carboxylic acids is 1. The van der Waals surface area contributed by atoms with Gasteiger partial charge in [0.1, 0.15) is 5.69 Å². The number of aliphatic hydroxyl groups excluding tert-OH is 1. The molecule has 8 heteroatoms. The minimum atomic E-state index is -1.37. The van der Waals surface area contributed by atoms with Gasteiger partial charge in [-0.25, -0.2) is 9.78 Å². The van der Waals surface area contributed by atoms with Gasteiger partial charge in [0.15, 0.2) is 17.4 Å². The molecule has 3 N–H and O–H groups in total. The predicted octanol–water partition coefficient (Wildman–Crippen LogP) is 0.217. The lowest BCUT2D eigenvalue weighted by molar-refractivity contribution is -0.140. The van der Waals surface area contributed by atoms with Crippen LogP contribution in [0.3, 0.4) is 0 Å². The number of aryl methyl sites for hydroxylation is 1. The van der Waals surface area contributed by atoms with Gasteiger partial charge in [-0.05, 0) is 26.0 Å². The fourth-order valence-electron chi connectivity index (χ4n) is 2.11. The van der Waals surface area contributed by atoms with Crippen molar-refractivity contribution >= 4 is 17.5 Å². The SMILES string of the molecule is CCOc1cccn2c(C(=O)NC(CO)C(=O)O)c(C)nc12. The Hall–Kier alpha value is -2.61. The number of pyridine rings is 1. The van der Waals surface area contributed by atoms with E-state index in [1.54, 1.807) is 25.3 Å².